The van der Waals surface area contributed by atoms with E-state index in [1.54, 1.807) is 0 Å². The molecule has 0 aliphatic heterocycles. The first-order chi connectivity index (χ1) is 9.19. The van der Waals surface area contributed by atoms with E-state index in [1.807, 2.05) is 0 Å². The zero-order chi connectivity index (χ0) is 13.7. The first-order valence-corrected chi connectivity index (χ1v) is 6.96. The van der Waals surface area contributed by atoms with E-state index < -0.39 is 5.97 Å². The van der Waals surface area contributed by atoms with Crippen LogP contribution < -0.4 is 5.32 Å². The van der Waals surface area contributed by atoms with Gasteiger partial charge in [-0.15, -0.1) is 0 Å². The number of nitrogens with zero attached hydrogens (tertiary/aromatic N) is 2. The number of aliphatic carboxylic acids is 1. The standard InChI is InChI=1S/C13H21N3O3/c1-2-3-12-15-11(16-19-12)8-14-10-6-4-9(5-7-10)13(17)18/h9-10,14H,2-8H2,1H3,(H,17,18). The second-order valence-corrected chi connectivity index (χ2v) is 5.12. The summed E-state index contributed by atoms with van der Waals surface area (Å²) in [7, 11) is 0. The average molecular weight is 267 g/mol. The first-order valence-electron chi connectivity index (χ1n) is 6.96. The molecule has 1 aliphatic rings. The van der Waals surface area contributed by atoms with Gasteiger partial charge in [-0.3, -0.25) is 4.79 Å². The minimum absolute atomic E-state index is 0.167. The van der Waals surface area contributed by atoms with Crippen LogP contribution in [0.4, 0.5) is 0 Å². The molecule has 19 heavy (non-hydrogen) atoms. The predicted molar refractivity (Wildman–Crippen MR) is 68.5 cm³/mol. The van der Waals surface area contributed by atoms with Gasteiger partial charge in [0.05, 0.1) is 12.5 Å². The molecule has 1 aliphatic carbocycles. The predicted octanol–water partition coefficient (Wildman–Crippen LogP) is 1.76. The van der Waals surface area contributed by atoms with Crippen molar-refractivity contribution < 1.29 is 14.4 Å². The van der Waals surface area contributed by atoms with Crippen LogP contribution in [0.15, 0.2) is 4.52 Å². The molecule has 1 fully saturated rings. The zero-order valence-corrected chi connectivity index (χ0v) is 11.3. The molecule has 0 atom stereocenters. The van der Waals surface area contributed by atoms with Crippen LogP contribution in [-0.4, -0.2) is 27.3 Å². The molecule has 2 N–H and O–H groups in total. The monoisotopic (exact) mass is 267 g/mol. The van der Waals surface area contributed by atoms with E-state index in [1.165, 1.54) is 0 Å². The van der Waals surface area contributed by atoms with Crippen molar-refractivity contribution in [3.05, 3.63) is 11.7 Å². The number of aromatic nitrogens is 2. The van der Waals surface area contributed by atoms with Crippen molar-refractivity contribution in [3.8, 4) is 0 Å². The van der Waals surface area contributed by atoms with Crippen molar-refractivity contribution in [2.75, 3.05) is 0 Å². The molecule has 1 saturated carbocycles. The minimum atomic E-state index is -0.666. The van der Waals surface area contributed by atoms with Crippen LogP contribution in [0, 0.1) is 5.92 Å². The van der Waals surface area contributed by atoms with E-state index >= 15 is 0 Å². The number of hydrogen-bond acceptors (Lipinski definition) is 5. The molecular weight excluding hydrogens is 246 g/mol. The van der Waals surface area contributed by atoms with Crippen LogP contribution in [0.2, 0.25) is 0 Å². The minimum Gasteiger partial charge on any atom is -0.481 e. The molecule has 0 bridgehead atoms. The van der Waals surface area contributed by atoms with Gasteiger partial charge in [-0.1, -0.05) is 12.1 Å². The third-order valence-corrected chi connectivity index (χ3v) is 3.60. The van der Waals surface area contributed by atoms with Crippen molar-refractivity contribution >= 4 is 5.97 Å². The lowest BCUT2D eigenvalue weighted by Crippen LogP contribution is -2.34. The molecule has 106 valence electrons. The van der Waals surface area contributed by atoms with E-state index in [9.17, 15) is 4.79 Å². The van der Waals surface area contributed by atoms with E-state index in [-0.39, 0.29) is 5.92 Å². The number of rotatable bonds is 6. The van der Waals surface area contributed by atoms with Gasteiger partial charge in [0.25, 0.3) is 0 Å². The number of aryl methyl sites for hydroxylation is 1. The van der Waals surface area contributed by atoms with Crippen LogP contribution in [0.3, 0.4) is 0 Å². The normalized spacial score (nSPS) is 23.4. The van der Waals surface area contributed by atoms with Gasteiger partial charge in [0.15, 0.2) is 5.82 Å². The molecule has 1 aromatic heterocycles. The SMILES string of the molecule is CCCc1nc(CNC2CCC(C(=O)O)CC2)no1. The Hall–Kier alpha value is -1.43. The largest absolute Gasteiger partial charge is 0.481 e. The van der Waals surface area contributed by atoms with Crippen LogP contribution in [0.25, 0.3) is 0 Å². The average Bonchev–Trinajstić information content (AvgIpc) is 2.85. The van der Waals surface area contributed by atoms with Crippen molar-refractivity contribution in [1.82, 2.24) is 15.5 Å². The molecule has 0 unspecified atom stereocenters. The highest BCUT2D eigenvalue weighted by Crippen LogP contribution is 2.24. The molecule has 0 aromatic carbocycles. The maximum absolute atomic E-state index is 10.9. The van der Waals surface area contributed by atoms with E-state index in [4.69, 9.17) is 9.63 Å². The Kier molecular flexibility index (Phi) is 4.90. The molecule has 6 heteroatoms. The third kappa shape index (κ3) is 4.02. The lowest BCUT2D eigenvalue weighted by Gasteiger charge is -2.26. The van der Waals surface area contributed by atoms with Crippen LogP contribution in [0.5, 0.6) is 0 Å². The third-order valence-electron chi connectivity index (χ3n) is 3.60. The summed E-state index contributed by atoms with van der Waals surface area (Å²) in [6, 6.07) is 0.365. The summed E-state index contributed by atoms with van der Waals surface area (Å²) in [5.74, 6) is 0.540. The number of carbonyl (C=O) groups is 1. The van der Waals surface area contributed by atoms with E-state index in [2.05, 4.69) is 22.4 Å². The van der Waals surface area contributed by atoms with E-state index in [0.29, 0.717) is 24.3 Å². The number of nitrogens with one attached hydrogen (secondary N) is 1. The summed E-state index contributed by atoms with van der Waals surface area (Å²) in [5.41, 5.74) is 0. The van der Waals surface area contributed by atoms with Gasteiger partial charge in [0.2, 0.25) is 5.89 Å². The lowest BCUT2D eigenvalue weighted by atomic mass is 9.86. The smallest absolute Gasteiger partial charge is 0.306 e. The fourth-order valence-corrected chi connectivity index (χ4v) is 2.46. The van der Waals surface area contributed by atoms with E-state index in [0.717, 1.165) is 38.5 Å². The molecular formula is C13H21N3O3. The molecule has 0 spiro atoms. The highest BCUT2D eigenvalue weighted by Gasteiger charge is 2.25. The van der Waals surface area contributed by atoms with Gasteiger partial charge in [0, 0.05) is 12.5 Å². The van der Waals surface area contributed by atoms with Crippen molar-refractivity contribution in [2.45, 2.75) is 58.0 Å². The fraction of sp³-hybridized carbons (Fsp3) is 0.769. The van der Waals surface area contributed by atoms with Crippen molar-refractivity contribution in [2.24, 2.45) is 5.92 Å². The Morgan fingerprint density at radius 1 is 1.42 bits per heavy atom. The first kappa shape index (κ1) is 14.0. The highest BCUT2D eigenvalue weighted by molar-refractivity contribution is 5.70. The summed E-state index contributed by atoms with van der Waals surface area (Å²) in [6.07, 6.45) is 5.11. The summed E-state index contributed by atoms with van der Waals surface area (Å²) >= 11 is 0. The summed E-state index contributed by atoms with van der Waals surface area (Å²) in [6.45, 7) is 2.67. The summed E-state index contributed by atoms with van der Waals surface area (Å²) < 4.78 is 5.11. The summed E-state index contributed by atoms with van der Waals surface area (Å²) in [5, 5.41) is 16.2. The lowest BCUT2D eigenvalue weighted by molar-refractivity contribution is -0.142. The Labute approximate surface area is 112 Å². The second-order valence-electron chi connectivity index (χ2n) is 5.12. The zero-order valence-electron chi connectivity index (χ0n) is 11.3. The summed E-state index contributed by atoms with van der Waals surface area (Å²) in [4.78, 5) is 15.1. The van der Waals surface area contributed by atoms with Crippen molar-refractivity contribution in [3.63, 3.8) is 0 Å². The van der Waals surface area contributed by atoms with Gasteiger partial charge < -0.3 is 14.9 Å². The fourth-order valence-electron chi connectivity index (χ4n) is 2.46. The van der Waals surface area contributed by atoms with Gasteiger partial charge in [-0.25, -0.2) is 0 Å². The van der Waals surface area contributed by atoms with Gasteiger partial charge >= 0.3 is 5.97 Å². The van der Waals surface area contributed by atoms with Crippen molar-refractivity contribution in [1.29, 1.82) is 0 Å². The van der Waals surface area contributed by atoms with Gasteiger partial charge in [0.1, 0.15) is 0 Å². The molecule has 1 heterocycles. The number of hydrogen-bond donors (Lipinski definition) is 2. The molecule has 0 radical (unpaired) electrons. The molecule has 0 saturated heterocycles. The topological polar surface area (TPSA) is 88.2 Å². The molecule has 6 nitrogen and oxygen atoms in total. The van der Waals surface area contributed by atoms with Crippen LogP contribution in [0.1, 0.15) is 50.7 Å². The van der Waals surface area contributed by atoms with Gasteiger partial charge in [-0.2, -0.15) is 4.98 Å². The Morgan fingerprint density at radius 2 is 2.16 bits per heavy atom. The maximum atomic E-state index is 10.9. The Bertz CT molecular complexity index is 411. The van der Waals surface area contributed by atoms with Crippen LogP contribution in [-0.2, 0) is 17.8 Å². The second kappa shape index (κ2) is 6.65. The number of carboxylic acid groups (broad SMARTS) is 1. The molecule has 0 amide bonds. The molecule has 2 rings (SSSR count). The van der Waals surface area contributed by atoms with Crippen LogP contribution >= 0.6 is 0 Å². The maximum Gasteiger partial charge on any atom is 0.306 e. The Morgan fingerprint density at radius 3 is 2.79 bits per heavy atom. The quantitative estimate of drug-likeness (QED) is 0.816. The molecule has 1 aromatic rings. The Balaban J connectivity index is 1.72. The van der Waals surface area contributed by atoms with Gasteiger partial charge in [-0.05, 0) is 32.1 Å². The number of carboxylic acids is 1. The highest BCUT2D eigenvalue weighted by atomic mass is 16.5.